The number of carbonyl (C=O) groups is 1. The van der Waals surface area contributed by atoms with E-state index in [0.717, 1.165) is 17.7 Å². The van der Waals surface area contributed by atoms with Gasteiger partial charge in [-0.15, -0.1) is 0 Å². The first-order chi connectivity index (χ1) is 8.67. The molecule has 0 heterocycles. The zero-order chi connectivity index (χ0) is 13.4. The average molecular weight is 252 g/mol. The van der Waals surface area contributed by atoms with Gasteiger partial charge in [0.25, 0.3) is 0 Å². The van der Waals surface area contributed by atoms with E-state index in [1.54, 1.807) is 0 Å². The normalized spacial score (nSPS) is 10.1. The number of rotatable bonds is 8. The van der Waals surface area contributed by atoms with Crippen molar-refractivity contribution in [3.63, 3.8) is 0 Å². The highest BCUT2D eigenvalue weighted by atomic mass is 16.5. The fourth-order valence-corrected chi connectivity index (χ4v) is 1.56. The summed E-state index contributed by atoms with van der Waals surface area (Å²) in [6.07, 6.45) is 1.57. The van der Waals surface area contributed by atoms with Crippen molar-refractivity contribution < 1.29 is 19.4 Å². The summed E-state index contributed by atoms with van der Waals surface area (Å²) in [5.74, 6) is 0.617. The van der Waals surface area contributed by atoms with Crippen LogP contribution in [0.5, 0.6) is 11.5 Å². The highest BCUT2D eigenvalue weighted by Crippen LogP contribution is 2.29. The lowest BCUT2D eigenvalue weighted by Crippen LogP contribution is -2.02. The fourth-order valence-electron chi connectivity index (χ4n) is 1.56. The van der Waals surface area contributed by atoms with Crippen LogP contribution in [0.25, 0.3) is 0 Å². The molecule has 18 heavy (non-hydrogen) atoms. The van der Waals surface area contributed by atoms with Crippen LogP contribution >= 0.6 is 0 Å². The monoisotopic (exact) mass is 252 g/mol. The minimum Gasteiger partial charge on any atom is -0.490 e. The second-order valence-electron chi connectivity index (χ2n) is 3.96. The van der Waals surface area contributed by atoms with Crippen LogP contribution < -0.4 is 9.47 Å². The largest absolute Gasteiger partial charge is 0.490 e. The molecule has 0 aliphatic carbocycles. The smallest absolute Gasteiger partial charge is 0.303 e. The number of hydrogen-bond donors (Lipinski definition) is 1. The Morgan fingerprint density at radius 3 is 2.61 bits per heavy atom. The molecule has 0 saturated carbocycles. The lowest BCUT2D eigenvalue weighted by Gasteiger charge is -2.12. The maximum atomic E-state index is 10.5. The molecule has 0 amide bonds. The first-order valence-corrected chi connectivity index (χ1v) is 6.27. The molecule has 0 aliphatic rings. The van der Waals surface area contributed by atoms with Crippen molar-refractivity contribution in [2.45, 2.75) is 33.1 Å². The van der Waals surface area contributed by atoms with Gasteiger partial charge in [-0.2, -0.15) is 0 Å². The number of aliphatic carboxylic acids is 1. The highest BCUT2D eigenvalue weighted by Gasteiger charge is 2.07. The van der Waals surface area contributed by atoms with Crippen LogP contribution in [0, 0.1) is 0 Å². The van der Waals surface area contributed by atoms with Gasteiger partial charge in [0, 0.05) is 6.42 Å². The Balaban J connectivity index is 2.77. The number of carboxylic acid groups (broad SMARTS) is 1. The first kappa shape index (κ1) is 14.4. The van der Waals surface area contributed by atoms with Crippen molar-refractivity contribution in [2.75, 3.05) is 13.2 Å². The number of aryl methyl sites for hydroxylation is 1. The fraction of sp³-hybridized carbons (Fsp3) is 0.500. The third-order valence-electron chi connectivity index (χ3n) is 2.40. The molecule has 0 unspecified atom stereocenters. The van der Waals surface area contributed by atoms with Crippen LogP contribution in [0.4, 0.5) is 0 Å². The van der Waals surface area contributed by atoms with Crippen molar-refractivity contribution in [3.8, 4) is 11.5 Å². The second-order valence-corrected chi connectivity index (χ2v) is 3.96. The zero-order valence-corrected chi connectivity index (χ0v) is 10.9. The molecule has 0 fully saturated rings. The van der Waals surface area contributed by atoms with Gasteiger partial charge in [-0.1, -0.05) is 13.0 Å². The molecular formula is C14H20O4. The minimum absolute atomic E-state index is 0.126. The topological polar surface area (TPSA) is 55.8 Å². The van der Waals surface area contributed by atoms with Crippen molar-refractivity contribution in [3.05, 3.63) is 23.8 Å². The molecule has 0 aromatic heterocycles. The minimum atomic E-state index is -0.792. The summed E-state index contributed by atoms with van der Waals surface area (Å²) in [5.41, 5.74) is 0.949. The lowest BCUT2D eigenvalue weighted by molar-refractivity contribution is -0.136. The van der Waals surface area contributed by atoms with E-state index in [2.05, 4.69) is 0 Å². The number of carboxylic acids is 1. The Bertz CT molecular complexity index is 387. The zero-order valence-electron chi connectivity index (χ0n) is 10.9. The SMILES string of the molecule is CCCOc1ccc(CCC(=O)O)cc1OCC. The van der Waals surface area contributed by atoms with Gasteiger partial charge in [-0.25, -0.2) is 0 Å². The summed E-state index contributed by atoms with van der Waals surface area (Å²) in [6.45, 7) is 5.16. The summed E-state index contributed by atoms with van der Waals surface area (Å²) in [5, 5.41) is 8.66. The molecule has 0 bridgehead atoms. The molecule has 0 atom stereocenters. The quantitative estimate of drug-likeness (QED) is 0.773. The maximum Gasteiger partial charge on any atom is 0.303 e. The summed E-state index contributed by atoms with van der Waals surface area (Å²) in [7, 11) is 0. The first-order valence-electron chi connectivity index (χ1n) is 6.27. The van der Waals surface area contributed by atoms with Crippen molar-refractivity contribution >= 4 is 5.97 Å². The van der Waals surface area contributed by atoms with Gasteiger partial charge in [0.1, 0.15) is 0 Å². The summed E-state index contributed by atoms with van der Waals surface area (Å²) >= 11 is 0. The van der Waals surface area contributed by atoms with Crippen LogP contribution in [0.2, 0.25) is 0 Å². The molecule has 0 aliphatic heterocycles. The third-order valence-corrected chi connectivity index (χ3v) is 2.40. The van der Waals surface area contributed by atoms with E-state index in [4.69, 9.17) is 14.6 Å². The molecule has 0 spiro atoms. The molecule has 1 rings (SSSR count). The Labute approximate surface area is 108 Å². The van der Waals surface area contributed by atoms with Crippen molar-refractivity contribution in [1.29, 1.82) is 0 Å². The molecule has 1 aromatic carbocycles. The number of hydrogen-bond acceptors (Lipinski definition) is 3. The van der Waals surface area contributed by atoms with Crippen LogP contribution in [-0.2, 0) is 11.2 Å². The molecule has 1 aromatic rings. The van der Waals surface area contributed by atoms with Crippen molar-refractivity contribution in [2.24, 2.45) is 0 Å². The predicted octanol–water partition coefficient (Wildman–Crippen LogP) is 2.89. The standard InChI is InChI=1S/C14H20O4/c1-3-9-18-12-7-5-11(6-8-14(15)16)10-13(12)17-4-2/h5,7,10H,3-4,6,8-9H2,1-2H3,(H,15,16). The Morgan fingerprint density at radius 1 is 1.22 bits per heavy atom. The Kier molecular flexibility index (Phi) is 6.05. The van der Waals surface area contributed by atoms with E-state index >= 15 is 0 Å². The predicted molar refractivity (Wildman–Crippen MR) is 69.4 cm³/mol. The van der Waals surface area contributed by atoms with E-state index in [-0.39, 0.29) is 6.42 Å². The van der Waals surface area contributed by atoms with Crippen LogP contribution in [0.15, 0.2) is 18.2 Å². The summed E-state index contributed by atoms with van der Waals surface area (Å²) < 4.78 is 11.1. The maximum absolute atomic E-state index is 10.5. The van der Waals surface area contributed by atoms with E-state index in [1.807, 2.05) is 32.0 Å². The summed E-state index contributed by atoms with van der Waals surface area (Å²) in [6, 6.07) is 5.59. The summed E-state index contributed by atoms with van der Waals surface area (Å²) in [4.78, 5) is 10.5. The van der Waals surface area contributed by atoms with Gasteiger partial charge in [-0.3, -0.25) is 4.79 Å². The lowest BCUT2D eigenvalue weighted by atomic mass is 10.1. The van der Waals surface area contributed by atoms with Crippen LogP contribution in [-0.4, -0.2) is 24.3 Å². The van der Waals surface area contributed by atoms with Gasteiger partial charge in [0.2, 0.25) is 0 Å². The van der Waals surface area contributed by atoms with E-state index in [1.165, 1.54) is 0 Å². The Morgan fingerprint density at radius 2 is 2.00 bits per heavy atom. The average Bonchev–Trinajstić information content (AvgIpc) is 2.35. The molecule has 1 N–H and O–H groups in total. The number of ether oxygens (including phenoxy) is 2. The van der Waals surface area contributed by atoms with Gasteiger partial charge in [0.15, 0.2) is 11.5 Å². The molecule has 0 saturated heterocycles. The van der Waals surface area contributed by atoms with Gasteiger partial charge in [-0.05, 0) is 37.5 Å². The van der Waals surface area contributed by atoms with Crippen LogP contribution in [0.3, 0.4) is 0 Å². The van der Waals surface area contributed by atoms with Gasteiger partial charge in [0.05, 0.1) is 13.2 Å². The molecule has 0 radical (unpaired) electrons. The molecular weight excluding hydrogens is 232 g/mol. The van der Waals surface area contributed by atoms with Gasteiger partial charge >= 0.3 is 5.97 Å². The third kappa shape index (κ3) is 4.65. The number of benzene rings is 1. The second kappa shape index (κ2) is 7.58. The van der Waals surface area contributed by atoms with E-state index in [9.17, 15) is 4.79 Å². The van der Waals surface area contributed by atoms with Crippen LogP contribution in [0.1, 0.15) is 32.3 Å². The molecule has 4 heteroatoms. The molecule has 100 valence electrons. The van der Waals surface area contributed by atoms with Gasteiger partial charge < -0.3 is 14.6 Å². The Hall–Kier alpha value is -1.71. The van der Waals surface area contributed by atoms with Crippen molar-refractivity contribution in [1.82, 2.24) is 0 Å². The molecule has 4 nitrogen and oxygen atoms in total. The van der Waals surface area contributed by atoms with E-state index < -0.39 is 5.97 Å². The van der Waals surface area contributed by atoms with E-state index in [0.29, 0.717) is 25.4 Å². The highest BCUT2D eigenvalue weighted by molar-refractivity contribution is 5.67.